The lowest BCUT2D eigenvalue weighted by Gasteiger charge is -2.38. The minimum absolute atomic E-state index is 0.620. The molecule has 4 atom stereocenters. The summed E-state index contributed by atoms with van der Waals surface area (Å²) in [6.45, 7) is 0. The monoisotopic (exact) mass is 176 g/mol. The summed E-state index contributed by atoms with van der Waals surface area (Å²) in [6, 6.07) is 0. The van der Waals surface area contributed by atoms with Crippen LogP contribution in [0, 0.1) is 0 Å². The summed E-state index contributed by atoms with van der Waals surface area (Å²) in [5.74, 6) is 0. The summed E-state index contributed by atoms with van der Waals surface area (Å²) in [5.41, 5.74) is -0.794. The van der Waals surface area contributed by atoms with Crippen LogP contribution in [-0.2, 0) is 4.74 Å². The molecule has 5 nitrogen and oxygen atoms in total. The molecule has 12 heavy (non-hydrogen) atoms. The van der Waals surface area contributed by atoms with Crippen molar-refractivity contribution in [1.29, 1.82) is 0 Å². The van der Waals surface area contributed by atoms with Crippen molar-refractivity contribution in [3.63, 3.8) is 0 Å². The van der Waals surface area contributed by atoms with Gasteiger partial charge in [0, 0.05) is 0 Å². The number of aliphatic hydroxyl groups is 4. The van der Waals surface area contributed by atoms with E-state index in [1.807, 2.05) is 0 Å². The highest BCUT2D eigenvalue weighted by Gasteiger charge is 2.60. The molecule has 1 aliphatic carbocycles. The summed E-state index contributed by atoms with van der Waals surface area (Å²) in [6.07, 6.45) is -3.95. The Bertz CT molecular complexity index is 190. The molecular weight excluding hydrogens is 164 g/mol. The molecule has 0 aromatic rings. The van der Waals surface area contributed by atoms with Gasteiger partial charge in [-0.25, -0.2) is 0 Å². The highest BCUT2D eigenvalue weighted by Crippen LogP contribution is 2.47. The Hall–Kier alpha value is -0.200. The van der Waals surface area contributed by atoms with Gasteiger partial charge in [-0.15, -0.1) is 0 Å². The predicted molar refractivity (Wildman–Crippen MR) is 37.1 cm³/mol. The minimum Gasteiger partial charge on any atom is -0.387 e. The van der Waals surface area contributed by atoms with Crippen LogP contribution in [0.25, 0.3) is 0 Å². The number of rotatable bonds is 0. The first kappa shape index (κ1) is 8.40. The van der Waals surface area contributed by atoms with Gasteiger partial charge in [-0.2, -0.15) is 0 Å². The SMILES string of the molecule is O[C@@H]1[C@@H](O)[C@H](O)C2(CC2)O[C@H]1O. The van der Waals surface area contributed by atoms with Crippen LogP contribution >= 0.6 is 0 Å². The predicted octanol–water partition coefficient (Wildman–Crippen LogP) is -2.05. The molecule has 0 aromatic heterocycles. The smallest absolute Gasteiger partial charge is 0.184 e. The van der Waals surface area contributed by atoms with Gasteiger partial charge < -0.3 is 25.2 Å². The van der Waals surface area contributed by atoms with Crippen LogP contribution in [0.4, 0.5) is 0 Å². The van der Waals surface area contributed by atoms with Crippen molar-refractivity contribution in [1.82, 2.24) is 0 Å². The van der Waals surface area contributed by atoms with Crippen LogP contribution in [0.1, 0.15) is 12.8 Å². The first-order chi connectivity index (χ1) is 5.57. The molecule has 2 rings (SSSR count). The fourth-order valence-electron chi connectivity index (χ4n) is 1.58. The summed E-state index contributed by atoms with van der Waals surface area (Å²) in [7, 11) is 0. The first-order valence-electron chi connectivity index (χ1n) is 3.97. The van der Waals surface area contributed by atoms with E-state index in [1.165, 1.54) is 0 Å². The number of aliphatic hydroxyl groups excluding tert-OH is 4. The van der Waals surface area contributed by atoms with Crippen molar-refractivity contribution in [3.8, 4) is 0 Å². The normalized spacial score (nSPS) is 51.0. The molecule has 2 fully saturated rings. The van der Waals surface area contributed by atoms with Crippen LogP contribution in [0.3, 0.4) is 0 Å². The van der Waals surface area contributed by atoms with E-state index >= 15 is 0 Å². The third kappa shape index (κ3) is 0.982. The van der Waals surface area contributed by atoms with E-state index in [4.69, 9.17) is 14.9 Å². The molecule has 2 aliphatic rings. The maximum Gasteiger partial charge on any atom is 0.184 e. The van der Waals surface area contributed by atoms with Gasteiger partial charge >= 0.3 is 0 Å². The van der Waals surface area contributed by atoms with Crippen LogP contribution in [0.2, 0.25) is 0 Å². The number of hydrogen-bond donors (Lipinski definition) is 4. The summed E-state index contributed by atoms with van der Waals surface area (Å²) in [4.78, 5) is 0. The van der Waals surface area contributed by atoms with E-state index in [0.29, 0.717) is 12.8 Å². The van der Waals surface area contributed by atoms with Crippen LogP contribution in [-0.4, -0.2) is 50.6 Å². The van der Waals surface area contributed by atoms with Gasteiger partial charge in [-0.05, 0) is 12.8 Å². The van der Waals surface area contributed by atoms with Crippen molar-refractivity contribution < 1.29 is 25.2 Å². The molecule has 1 aliphatic heterocycles. The average molecular weight is 176 g/mol. The molecule has 1 spiro atoms. The third-order valence-electron chi connectivity index (χ3n) is 2.60. The Morgan fingerprint density at radius 3 is 2.08 bits per heavy atom. The maximum atomic E-state index is 9.41. The highest BCUT2D eigenvalue weighted by atomic mass is 16.6. The molecule has 4 N–H and O–H groups in total. The Morgan fingerprint density at radius 2 is 1.58 bits per heavy atom. The minimum atomic E-state index is -1.41. The second kappa shape index (κ2) is 2.40. The second-order valence-corrected chi connectivity index (χ2v) is 3.50. The lowest BCUT2D eigenvalue weighted by molar-refractivity contribution is -0.291. The molecule has 1 heterocycles. The van der Waals surface area contributed by atoms with Gasteiger partial charge in [0.15, 0.2) is 6.29 Å². The van der Waals surface area contributed by atoms with Gasteiger partial charge in [0.1, 0.15) is 23.9 Å². The molecule has 1 saturated carbocycles. The maximum absolute atomic E-state index is 9.41. The Morgan fingerprint density at radius 1 is 1.00 bits per heavy atom. The van der Waals surface area contributed by atoms with Crippen LogP contribution in [0.5, 0.6) is 0 Å². The fraction of sp³-hybridized carbons (Fsp3) is 1.00. The Kier molecular flexibility index (Phi) is 1.68. The largest absolute Gasteiger partial charge is 0.387 e. The summed E-state index contributed by atoms with van der Waals surface area (Å²) in [5, 5.41) is 36.9. The van der Waals surface area contributed by atoms with Gasteiger partial charge in [0.2, 0.25) is 0 Å². The zero-order chi connectivity index (χ0) is 8.93. The van der Waals surface area contributed by atoms with Crippen molar-refractivity contribution >= 4 is 0 Å². The number of hydrogen-bond acceptors (Lipinski definition) is 5. The van der Waals surface area contributed by atoms with Crippen molar-refractivity contribution in [2.24, 2.45) is 0 Å². The van der Waals surface area contributed by atoms with E-state index < -0.39 is 30.2 Å². The van der Waals surface area contributed by atoms with E-state index in [-0.39, 0.29) is 0 Å². The molecule has 0 aromatic carbocycles. The summed E-state index contributed by atoms with van der Waals surface area (Å²) >= 11 is 0. The van der Waals surface area contributed by atoms with Gasteiger partial charge in [-0.3, -0.25) is 0 Å². The molecule has 0 bridgehead atoms. The average Bonchev–Trinajstić information content (AvgIpc) is 2.79. The zero-order valence-electron chi connectivity index (χ0n) is 6.42. The topological polar surface area (TPSA) is 90.2 Å². The molecule has 0 radical (unpaired) electrons. The zero-order valence-corrected chi connectivity index (χ0v) is 6.42. The lowest BCUT2D eigenvalue weighted by atomic mass is 9.97. The third-order valence-corrected chi connectivity index (χ3v) is 2.60. The number of ether oxygens (including phenoxy) is 1. The molecule has 0 unspecified atom stereocenters. The highest BCUT2D eigenvalue weighted by molar-refractivity contribution is 5.08. The Labute approximate surface area is 69.2 Å². The van der Waals surface area contributed by atoms with E-state index in [2.05, 4.69) is 0 Å². The van der Waals surface area contributed by atoms with Gasteiger partial charge in [0.25, 0.3) is 0 Å². The van der Waals surface area contributed by atoms with Crippen molar-refractivity contribution in [2.45, 2.75) is 43.0 Å². The molecule has 1 saturated heterocycles. The van der Waals surface area contributed by atoms with Gasteiger partial charge in [0.05, 0.1) is 0 Å². The van der Waals surface area contributed by atoms with E-state index in [0.717, 1.165) is 0 Å². The van der Waals surface area contributed by atoms with Crippen molar-refractivity contribution in [2.75, 3.05) is 0 Å². The lowest BCUT2D eigenvalue weighted by Crippen LogP contribution is -2.58. The Balaban J connectivity index is 2.15. The fourth-order valence-corrected chi connectivity index (χ4v) is 1.58. The quantitative estimate of drug-likeness (QED) is 0.341. The molecule has 0 amide bonds. The van der Waals surface area contributed by atoms with E-state index in [1.54, 1.807) is 0 Å². The van der Waals surface area contributed by atoms with E-state index in [9.17, 15) is 10.2 Å². The standard InChI is InChI=1S/C7H12O5/c8-3-4(9)6(11)12-7(1-2-7)5(3)10/h3-6,8-11H,1-2H2/t3-,4-,5+,6-/m1/s1. The second-order valence-electron chi connectivity index (χ2n) is 3.50. The summed E-state index contributed by atoms with van der Waals surface area (Å²) < 4.78 is 4.98. The molecule has 5 heteroatoms. The first-order valence-corrected chi connectivity index (χ1v) is 3.97. The molecular formula is C7H12O5. The molecule has 70 valence electrons. The van der Waals surface area contributed by atoms with Crippen LogP contribution in [0.15, 0.2) is 0 Å². The van der Waals surface area contributed by atoms with Crippen LogP contribution < -0.4 is 0 Å². The van der Waals surface area contributed by atoms with Gasteiger partial charge in [-0.1, -0.05) is 0 Å². The van der Waals surface area contributed by atoms with Crippen molar-refractivity contribution in [3.05, 3.63) is 0 Å².